The lowest BCUT2D eigenvalue weighted by atomic mass is 9.83. The van der Waals surface area contributed by atoms with Gasteiger partial charge in [0.05, 0.1) is 0 Å². The first-order valence-electron chi connectivity index (χ1n) is 8.86. The minimum Gasteiger partial charge on any atom is -0.454 e. The number of rotatable bonds is 6. The molecule has 0 spiro atoms. The van der Waals surface area contributed by atoms with E-state index in [2.05, 4.69) is 0 Å². The molecule has 0 N–H and O–H groups in total. The third kappa shape index (κ3) is 7.01. The van der Waals surface area contributed by atoms with E-state index in [-0.39, 0.29) is 0 Å². The lowest BCUT2D eigenvalue weighted by molar-refractivity contribution is -0.259. The summed E-state index contributed by atoms with van der Waals surface area (Å²) in [4.78, 5) is 70.1. The molecule has 0 bridgehead atoms. The van der Waals surface area contributed by atoms with E-state index in [1.54, 1.807) is 0 Å². The Morgan fingerprint density at radius 3 is 0.500 bits per heavy atom. The van der Waals surface area contributed by atoms with Gasteiger partial charge in [-0.05, 0) is 0 Å². The van der Waals surface area contributed by atoms with E-state index in [4.69, 9.17) is 28.4 Å². The number of hydrogen-bond donors (Lipinski definition) is 0. The van der Waals surface area contributed by atoms with Gasteiger partial charge in [-0.3, -0.25) is 28.8 Å². The molecule has 1 aliphatic rings. The second kappa shape index (κ2) is 10.6. The van der Waals surface area contributed by atoms with Gasteiger partial charge in [-0.15, -0.1) is 0 Å². The van der Waals surface area contributed by atoms with E-state index >= 15 is 0 Å². The van der Waals surface area contributed by atoms with Crippen LogP contribution >= 0.6 is 0 Å². The predicted molar refractivity (Wildman–Crippen MR) is 93.3 cm³/mol. The van der Waals surface area contributed by atoms with Crippen LogP contribution in [0.5, 0.6) is 0 Å². The average Bonchev–Trinajstić information content (AvgIpc) is 2.55. The lowest BCUT2D eigenvalue weighted by Gasteiger charge is -2.46. The van der Waals surface area contributed by atoms with Crippen LogP contribution < -0.4 is 0 Å². The quantitative estimate of drug-likeness (QED) is 0.395. The molecule has 1 fully saturated rings. The maximum Gasteiger partial charge on any atom is 0.303 e. The fraction of sp³-hybridized carbons (Fsp3) is 0.667. The van der Waals surface area contributed by atoms with Crippen LogP contribution in [0, 0.1) is 0 Å². The van der Waals surface area contributed by atoms with Gasteiger partial charge in [-0.2, -0.15) is 0 Å². The summed E-state index contributed by atoms with van der Waals surface area (Å²) in [5, 5.41) is 0. The third-order valence-electron chi connectivity index (χ3n) is 3.76. The smallest absolute Gasteiger partial charge is 0.303 e. The molecule has 0 aromatic heterocycles. The number of esters is 6. The van der Waals surface area contributed by atoms with Gasteiger partial charge >= 0.3 is 35.8 Å². The van der Waals surface area contributed by atoms with Crippen molar-refractivity contribution in [2.45, 2.75) is 78.2 Å². The average molecular weight is 432 g/mol. The Bertz CT molecular complexity index is 547. The molecule has 1 saturated carbocycles. The van der Waals surface area contributed by atoms with Crippen molar-refractivity contribution in [2.75, 3.05) is 0 Å². The first-order chi connectivity index (χ1) is 13.8. The Labute approximate surface area is 172 Å². The molecule has 12 nitrogen and oxygen atoms in total. The second-order valence-electron chi connectivity index (χ2n) is 6.44. The van der Waals surface area contributed by atoms with Crippen molar-refractivity contribution < 1.29 is 57.2 Å². The second-order valence-corrected chi connectivity index (χ2v) is 6.44. The molecule has 0 radical (unpaired) electrons. The van der Waals surface area contributed by atoms with Crippen LogP contribution in [0.3, 0.4) is 0 Å². The van der Waals surface area contributed by atoms with Crippen LogP contribution in [0.15, 0.2) is 0 Å². The van der Waals surface area contributed by atoms with Crippen LogP contribution in [0.25, 0.3) is 0 Å². The Balaban J connectivity index is 3.66. The Morgan fingerprint density at radius 2 is 0.433 bits per heavy atom. The van der Waals surface area contributed by atoms with Gasteiger partial charge in [0.15, 0.2) is 36.6 Å². The molecule has 0 heterocycles. The highest BCUT2D eigenvalue weighted by Gasteiger charge is 2.60. The zero-order valence-electron chi connectivity index (χ0n) is 17.4. The van der Waals surface area contributed by atoms with Crippen molar-refractivity contribution in [3.05, 3.63) is 0 Å². The van der Waals surface area contributed by atoms with E-state index < -0.39 is 72.4 Å². The molecular formula is C18H24O12. The molecule has 0 aromatic carbocycles. The normalized spacial score (nSPS) is 27.8. The van der Waals surface area contributed by atoms with Crippen molar-refractivity contribution in [1.82, 2.24) is 0 Å². The number of carbonyl (C=O) groups is 6. The zero-order valence-corrected chi connectivity index (χ0v) is 17.4. The summed E-state index contributed by atoms with van der Waals surface area (Å²) in [5.74, 6) is -5.15. The molecule has 0 atom stereocenters. The first kappa shape index (κ1) is 24.9. The van der Waals surface area contributed by atoms with E-state index in [0.29, 0.717) is 0 Å². The zero-order chi connectivity index (χ0) is 23.2. The molecule has 30 heavy (non-hydrogen) atoms. The molecule has 168 valence electrons. The van der Waals surface area contributed by atoms with Crippen LogP contribution in [0.4, 0.5) is 0 Å². The molecule has 0 aromatic rings. The third-order valence-corrected chi connectivity index (χ3v) is 3.76. The maximum absolute atomic E-state index is 11.7. The monoisotopic (exact) mass is 432 g/mol. The molecule has 0 amide bonds. The van der Waals surface area contributed by atoms with E-state index in [9.17, 15) is 28.8 Å². The molecule has 12 heteroatoms. The van der Waals surface area contributed by atoms with Crippen LogP contribution in [0.1, 0.15) is 41.5 Å². The van der Waals surface area contributed by atoms with Gasteiger partial charge in [-0.25, -0.2) is 0 Å². The fourth-order valence-corrected chi connectivity index (χ4v) is 3.08. The molecule has 1 aliphatic carbocycles. The van der Waals surface area contributed by atoms with Gasteiger partial charge in [-0.1, -0.05) is 0 Å². The van der Waals surface area contributed by atoms with Crippen molar-refractivity contribution in [2.24, 2.45) is 0 Å². The van der Waals surface area contributed by atoms with Gasteiger partial charge in [0.1, 0.15) is 0 Å². The Hall–Kier alpha value is -3.18. The molecule has 0 unspecified atom stereocenters. The van der Waals surface area contributed by atoms with Gasteiger partial charge in [0, 0.05) is 41.5 Å². The fourth-order valence-electron chi connectivity index (χ4n) is 3.08. The summed E-state index contributed by atoms with van der Waals surface area (Å²) >= 11 is 0. The predicted octanol–water partition coefficient (Wildman–Crippen LogP) is -0.410. The topological polar surface area (TPSA) is 158 Å². The summed E-state index contributed by atoms with van der Waals surface area (Å²) in [7, 11) is 0. The number of hydrogen-bond acceptors (Lipinski definition) is 12. The Kier molecular flexibility index (Phi) is 8.75. The molecule has 1 rings (SSSR count). The van der Waals surface area contributed by atoms with E-state index in [1.807, 2.05) is 0 Å². The van der Waals surface area contributed by atoms with Crippen molar-refractivity contribution >= 4 is 35.8 Å². The standard InChI is InChI=1S/C18H24O12/c1-7(19)25-13-14(26-8(2)20)16(28-10(4)22)18(30-12(6)24)17(29-11(5)23)15(13)27-9(3)21/h13-18H,1-6H3/t13-,14-,15-,16+,17-,18+. The highest BCUT2D eigenvalue weighted by Crippen LogP contribution is 2.34. The minimum absolute atomic E-state index is 0.858. The first-order valence-corrected chi connectivity index (χ1v) is 8.86. The largest absolute Gasteiger partial charge is 0.454 e. The number of carbonyl (C=O) groups excluding carboxylic acids is 6. The van der Waals surface area contributed by atoms with Crippen LogP contribution in [-0.4, -0.2) is 72.4 Å². The summed E-state index contributed by atoms with van der Waals surface area (Å²) in [6.07, 6.45) is -9.27. The minimum atomic E-state index is -1.55. The summed E-state index contributed by atoms with van der Waals surface area (Å²) in [6.45, 7) is 6.22. The summed E-state index contributed by atoms with van der Waals surface area (Å²) in [5.41, 5.74) is 0. The van der Waals surface area contributed by atoms with Gasteiger partial charge < -0.3 is 28.4 Å². The van der Waals surface area contributed by atoms with Gasteiger partial charge in [0.2, 0.25) is 0 Å². The summed E-state index contributed by atoms with van der Waals surface area (Å²) in [6, 6.07) is 0. The van der Waals surface area contributed by atoms with Gasteiger partial charge in [0.25, 0.3) is 0 Å². The van der Waals surface area contributed by atoms with E-state index in [0.717, 1.165) is 41.5 Å². The molecule has 0 saturated heterocycles. The van der Waals surface area contributed by atoms with E-state index in [1.165, 1.54) is 0 Å². The summed E-state index contributed by atoms with van der Waals surface area (Å²) < 4.78 is 31.1. The van der Waals surface area contributed by atoms with Crippen LogP contribution in [0.2, 0.25) is 0 Å². The van der Waals surface area contributed by atoms with Crippen molar-refractivity contribution in [3.8, 4) is 0 Å². The molecular weight excluding hydrogens is 408 g/mol. The lowest BCUT2D eigenvalue weighted by Crippen LogP contribution is -2.68. The SMILES string of the molecule is CC(=O)O[C@H]1[C@@H](OC(C)=O)[C@@H](OC(C)=O)[C@@H](OC(C)=O)[C@@H](OC(C)=O)[C@@H]1OC(C)=O. The maximum atomic E-state index is 11.7. The van der Waals surface area contributed by atoms with Crippen molar-refractivity contribution in [1.29, 1.82) is 0 Å². The van der Waals surface area contributed by atoms with Crippen LogP contribution in [-0.2, 0) is 57.2 Å². The van der Waals surface area contributed by atoms with Crippen molar-refractivity contribution in [3.63, 3.8) is 0 Å². The Morgan fingerprint density at radius 1 is 0.333 bits per heavy atom. The highest BCUT2D eigenvalue weighted by atomic mass is 16.7. The molecule has 0 aliphatic heterocycles. The highest BCUT2D eigenvalue weighted by molar-refractivity contribution is 5.71. The number of ether oxygens (including phenoxy) is 6.